The molecule has 0 atom stereocenters. The number of nitriles is 1. The van der Waals surface area contributed by atoms with Gasteiger partial charge in [-0.2, -0.15) is 5.26 Å². The third-order valence-electron chi connectivity index (χ3n) is 14.8. The molecule has 0 saturated heterocycles. The fourth-order valence-electron chi connectivity index (χ4n) is 10.8. The third kappa shape index (κ3) is 8.06. The lowest BCUT2D eigenvalue weighted by molar-refractivity contribution is 1.23. The minimum atomic E-state index is 0.624. The third-order valence-corrected chi connectivity index (χ3v) is 14.8. The summed E-state index contributed by atoms with van der Waals surface area (Å²) < 4.78 is 0. The van der Waals surface area contributed by atoms with Crippen molar-refractivity contribution in [3.63, 3.8) is 0 Å². The Kier molecular flexibility index (Phi) is 11.5. The van der Waals surface area contributed by atoms with Gasteiger partial charge in [0.2, 0.25) is 0 Å². The Morgan fingerprint density at radius 3 is 1.01 bits per heavy atom. The molecule has 0 aliphatic rings. The Hall–Kier alpha value is -9.74. The maximum absolute atomic E-state index is 9.64. The zero-order chi connectivity index (χ0) is 50.5. The number of hydrogen-bond acceptors (Lipinski definition) is 3. The molecular formula is C70H50N4. The van der Waals surface area contributed by atoms with Gasteiger partial charge in [0.1, 0.15) is 0 Å². The molecule has 74 heavy (non-hydrogen) atoms. The van der Waals surface area contributed by atoms with E-state index in [0.717, 1.165) is 112 Å². The molecule has 0 aliphatic heterocycles. The van der Waals surface area contributed by atoms with E-state index in [1.807, 2.05) is 36.4 Å². The predicted octanol–water partition coefficient (Wildman–Crippen LogP) is 19.8. The largest absolute Gasteiger partial charge is 0.309 e. The van der Waals surface area contributed by atoms with Gasteiger partial charge in [-0.25, -0.2) is 4.85 Å². The summed E-state index contributed by atoms with van der Waals surface area (Å²) in [6, 6.07) is 84.8. The molecule has 0 N–H and O–H groups in total. The second-order valence-corrected chi connectivity index (χ2v) is 19.3. The van der Waals surface area contributed by atoms with Crippen LogP contribution in [0, 0.1) is 45.6 Å². The van der Waals surface area contributed by atoms with Gasteiger partial charge in [0.15, 0.2) is 5.69 Å². The molecule has 0 heterocycles. The van der Waals surface area contributed by atoms with Crippen LogP contribution in [0.5, 0.6) is 0 Å². The van der Waals surface area contributed by atoms with Crippen LogP contribution in [0.4, 0.5) is 39.8 Å². The Morgan fingerprint density at radius 2 is 0.662 bits per heavy atom. The van der Waals surface area contributed by atoms with Crippen molar-refractivity contribution < 1.29 is 0 Å². The maximum atomic E-state index is 9.64. The van der Waals surface area contributed by atoms with Gasteiger partial charge in [-0.1, -0.05) is 182 Å². The summed E-state index contributed by atoms with van der Waals surface area (Å²) in [4.78, 5) is 8.62. The molecule has 0 saturated carbocycles. The Balaban J connectivity index is 1.11. The topological polar surface area (TPSA) is 34.6 Å². The summed E-state index contributed by atoms with van der Waals surface area (Å²) in [6.07, 6.45) is 0. The van der Waals surface area contributed by atoms with Gasteiger partial charge >= 0.3 is 0 Å². The van der Waals surface area contributed by atoms with Crippen molar-refractivity contribution in [3.8, 4) is 50.6 Å². The van der Waals surface area contributed by atoms with Crippen molar-refractivity contribution in [2.45, 2.75) is 27.7 Å². The summed E-state index contributed by atoms with van der Waals surface area (Å²) in [5.41, 5.74) is 21.3. The molecular weight excluding hydrogens is 897 g/mol. The van der Waals surface area contributed by atoms with E-state index in [2.05, 4.69) is 243 Å². The summed E-state index contributed by atoms with van der Waals surface area (Å²) in [7, 11) is 0. The maximum Gasteiger partial charge on any atom is 0.187 e. The normalized spacial score (nSPS) is 11.2. The lowest BCUT2D eigenvalue weighted by Gasteiger charge is -2.32. The summed E-state index contributed by atoms with van der Waals surface area (Å²) in [6.45, 7) is 16.4. The van der Waals surface area contributed by atoms with Crippen LogP contribution >= 0.6 is 0 Å². The fourth-order valence-corrected chi connectivity index (χ4v) is 10.8. The first-order chi connectivity index (χ1) is 36.2. The molecule has 0 aliphatic carbocycles. The quantitative estimate of drug-likeness (QED) is 0.101. The summed E-state index contributed by atoms with van der Waals surface area (Å²) in [5, 5.41) is 16.7. The Labute approximate surface area is 433 Å². The van der Waals surface area contributed by atoms with E-state index in [1.54, 1.807) is 0 Å². The van der Waals surface area contributed by atoms with E-state index in [4.69, 9.17) is 6.57 Å². The fraction of sp³-hybridized carbons (Fsp3) is 0.0571. The Morgan fingerprint density at radius 1 is 0.338 bits per heavy atom. The molecule has 0 spiro atoms. The first kappa shape index (κ1) is 45.4. The molecule has 0 aromatic heterocycles. The van der Waals surface area contributed by atoms with Crippen LogP contribution in [-0.4, -0.2) is 0 Å². The highest BCUT2D eigenvalue weighted by atomic mass is 15.2. The highest BCUT2D eigenvalue weighted by Crippen LogP contribution is 2.50. The lowest BCUT2D eigenvalue weighted by atomic mass is 9.91. The molecule has 0 fully saturated rings. The molecule has 0 amide bonds. The van der Waals surface area contributed by atoms with Crippen molar-refractivity contribution in [1.82, 2.24) is 0 Å². The molecule has 350 valence electrons. The number of benzene rings is 12. The van der Waals surface area contributed by atoms with E-state index in [0.29, 0.717) is 11.3 Å². The van der Waals surface area contributed by atoms with Crippen molar-refractivity contribution in [2.75, 3.05) is 9.80 Å². The lowest BCUT2D eigenvalue weighted by Crippen LogP contribution is -2.14. The number of nitrogens with zero attached hydrogens (tertiary/aromatic N) is 4. The molecule has 12 rings (SSSR count). The molecule has 0 radical (unpaired) electrons. The van der Waals surface area contributed by atoms with Crippen molar-refractivity contribution in [3.05, 3.63) is 270 Å². The first-order valence-corrected chi connectivity index (χ1v) is 25.1. The zero-order valence-electron chi connectivity index (χ0n) is 41.7. The van der Waals surface area contributed by atoms with Crippen LogP contribution in [0.2, 0.25) is 0 Å². The summed E-state index contributed by atoms with van der Waals surface area (Å²) in [5.74, 6) is 0. The highest BCUT2D eigenvalue weighted by Gasteiger charge is 2.26. The number of hydrogen-bond donors (Lipinski definition) is 0. The van der Waals surface area contributed by atoms with Crippen LogP contribution in [0.25, 0.3) is 81.7 Å². The van der Waals surface area contributed by atoms with E-state index in [9.17, 15) is 5.26 Å². The minimum absolute atomic E-state index is 0.624. The number of anilines is 6. The number of rotatable bonds is 10. The summed E-state index contributed by atoms with van der Waals surface area (Å²) >= 11 is 0. The smallest absolute Gasteiger partial charge is 0.187 e. The average Bonchev–Trinajstić information content (AvgIpc) is 3.46. The first-order valence-electron chi connectivity index (χ1n) is 25.1. The minimum Gasteiger partial charge on any atom is -0.309 e. The molecule has 4 heteroatoms. The standard InChI is InChI=1S/C70H50N4/c1-45-16-22-56(50-12-8-6-9-13-50)40-65(45)73(67-42-58(24-18-47(67)3)52-26-20-49(44-71)21-27-52)63-38-32-54-31-37-62-64(39-33-55-30-36-61(63)69(54)70(55)62)74(66-41-57(23-17-46(66)2)51-14-10-7-11-15-51)68-43-59(25-19-48(68)4)53-28-34-60(72-5)35-29-53/h6-43H,1-4H3. The second-order valence-electron chi connectivity index (χ2n) is 19.3. The van der Waals surface area contributed by atoms with Crippen LogP contribution in [0.1, 0.15) is 27.8 Å². The molecule has 12 aromatic rings. The van der Waals surface area contributed by atoms with E-state index in [-0.39, 0.29) is 0 Å². The van der Waals surface area contributed by atoms with Crippen molar-refractivity contribution in [2.24, 2.45) is 0 Å². The molecule has 0 bridgehead atoms. The van der Waals surface area contributed by atoms with Gasteiger partial charge < -0.3 is 9.80 Å². The molecule has 0 unspecified atom stereocenters. The van der Waals surface area contributed by atoms with Gasteiger partial charge in [-0.3, -0.25) is 0 Å². The van der Waals surface area contributed by atoms with Gasteiger partial charge in [0.25, 0.3) is 0 Å². The second kappa shape index (κ2) is 18.8. The molecule has 4 nitrogen and oxygen atoms in total. The van der Waals surface area contributed by atoms with Gasteiger partial charge in [0.05, 0.1) is 29.6 Å². The van der Waals surface area contributed by atoms with Crippen molar-refractivity contribution >= 4 is 72.1 Å². The van der Waals surface area contributed by atoms with Crippen LogP contribution < -0.4 is 9.80 Å². The van der Waals surface area contributed by atoms with Crippen LogP contribution in [0.3, 0.4) is 0 Å². The number of aryl methyl sites for hydroxylation is 4. The van der Waals surface area contributed by atoms with Crippen LogP contribution in [0.15, 0.2) is 231 Å². The predicted molar refractivity (Wildman–Crippen MR) is 311 cm³/mol. The van der Waals surface area contributed by atoms with Gasteiger partial charge in [0, 0.05) is 33.5 Å². The van der Waals surface area contributed by atoms with Crippen LogP contribution in [-0.2, 0) is 0 Å². The van der Waals surface area contributed by atoms with E-state index in [1.165, 1.54) is 21.5 Å². The van der Waals surface area contributed by atoms with Crippen molar-refractivity contribution in [1.29, 1.82) is 5.26 Å². The van der Waals surface area contributed by atoms with Gasteiger partial charge in [-0.05, 0) is 165 Å². The zero-order valence-corrected chi connectivity index (χ0v) is 41.7. The SMILES string of the molecule is [C-]#[N+]c1ccc(-c2ccc(C)c(N(c3cc(-c4ccccc4)ccc3C)c3ccc4ccc5c(N(c6cc(-c7ccccc7)ccc6C)c6cc(-c7ccc(C#N)cc7)ccc6C)ccc6ccc3c4c65)c2)cc1. The Bertz CT molecular complexity index is 3910. The van der Waals surface area contributed by atoms with Gasteiger partial charge in [-0.15, -0.1) is 0 Å². The molecule has 12 aromatic carbocycles. The highest BCUT2D eigenvalue weighted by molar-refractivity contribution is 6.28. The van der Waals surface area contributed by atoms with E-state index < -0.39 is 0 Å². The average molecular weight is 947 g/mol. The van der Waals surface area contributed by atoms with E-state index >= 15 is 0 Å². The monoisotopic (exact) mass is 946 g/mol.